The van der Waals surface area contributed by atoms with Crippen LogP contribution >= 0.6 is 0 Å². The zero-order valence-electron chi connectivity index (χ0n) is 14.9. The molecule has 130 valence electrons. The molecule has 2 rings (SSSR count). The van der Waals surface area contributed by atoms with Crippen molar-refractivity contribution in [2.24, 2.45) is 0 Å². The van der Waals surface area contributed by atoms with Crippen molar-refractivity contribution < 1.29 is 9.53 Å². The summed E-state index contributed by atoms with van der Waals surface area (Å²) in [7, 11) is 1.66. The van der Waals surface area contributed by atoms with Crippen molar-refractivity contribution in [1.82, 2.24) is 0 Å². The highest BCUT2D eigenvalue weighted by molar-refractivity contribution is 5.79. The quantitative estimate of drug-likeness (QED) is 0.702. The highest BCUT2D eigenvalue weighted by Crippen LogP contribution is 2.14. The van der Waals surface area contributed by atoms with E-state index in [4.69, 9.17) is 4.74 Å². The van der Waals surface area contributed by atoms with Crippen LogP contribution in [0, 0.1) is 0 Å². The lowest BCUT2D eigenvalue weighted by molar-refractivity contribution is -0.121. The number of hydrogen-bond donors (Lipinski definition) is 0. The van der Waals surface area contributed by atoms with Crippen molar-refractivity contribution >= 4 is 17.9 Å². The second-order valence-corrected chi connectivity index (χ2v) is 6.18. The molecule has 0 aliphatic rings. The lowest BCUT2D eigenvalue weighted by Gasteiger charge is -2.15. The van der Waals surface area contributed by atoms with E-state index < -0.39 is 0 Å². The van der Waals surface area contributed by atoms with Crippen molar-refractivity contribution in [3.05, 3.63) is 83.3 Å². The first kappa shape index (κ1) is 18.9. The third-order valence-corrected chi connectivity index (χ3v) is 4.38. The fourth-order valence-corrected chi connectivity index (χ4v) is 2.91. The molecule has 0 aromatic heterocycles. The average molecular weight is 334 g/mol. The molecule has 0 fully saturated rings. The number of rotatable bonds is 9. The maximum atomic E-state index is 12.3. The summed E-state index contributed by atoms with van der Waals surface area (Å²) < 4.78 is 5.56. The Kier molecular flexibility index (Phi) is 7.36. The van der Waals surface area contributed by atoms with E-state index in [0.717, 1.165) is 22.4 Å². The smallest absolute Gasteiger partial charge is 0.135 e. The normalized spacial score (nSPS) is 13.2. The van der Waals surface area contributed by atoms with Crippen molar-refractivity contribution in [2.75, 3.05) is 7.11 Å². The van der Waals surface area contributed by atoms with Crippen LogP contribution in [0.15, 0.2) is 67.3 Å². The van der Waals surface area contributed by atoms with Gasteiger partial charge in [0.2, 0.25) is 0 Å². The van der Waals surface area contributed by atoms with E-state index in [1.807, 2.05) is 48.5 Å². The molecule has 2 heteroatoms. The second-order valence-electron chi connectivity index (χ2n) is 6.18. The van der Waals surface area contributed by atoms with Gasteiger partial charge in [-0.15, -0.1) is 0 Å². The van der Waals surface area contributed by atoms with Crippen molar-refractivity contribution in [3.8, 4) is 0 Å². The number of ether oxygens (including phenoxy) is 1. The molecule has 0 bridgehead atoms. The Morgan fingerprint density at radius 3 is 2.40 bits per heavy atom. The van der Waals surface area contributed by atoms with Crippen LogP contribution < -0.4 is 10.4 Å². The van der Waals surface area contributed by atoms with Gasteiger partial charge in [0.05, 0.1) is 6.10 Å². The molecule has 0 spiro atoms. The minimum Gasteiger partial charge on any atom is -0.381 e. The number of carbonyl (C=O) groups excluding carboxylic acids is 1. The molecule has 0 N–H and O–H groups in total. The molecule has 0 saturated heterocycles. The van der Waals surface area contributed by atoms with Crippen molar-refractivity contribution in [3.63, 3.8) is 0 Å². The molecule has 0 heterocycles. The van der Waals surface area contributed by atoms with Gasteiger partial charge < -0.3 is 4.74 Å². The van der Waals surface area contributed by atoms with Gasteiger partial charge in [0.25, 0.3) is 0 Å². The second kappa shape index (κ2) is 9.75. The van der Waals surface area contributed by atoms with Crippen LogP contribution in [0.3, 0.4) is 0 Å². The van der Waals surface area contributed by atoms with Gasteiger partial charge in [-0.25, -0.2) is 0 Å². The topological polar surface area (TPSA) is 26.3 Å². The first-order valence-corrected chi connectivity index (χ1v) is 8.62. The van der Waals surface area contributed by atoms with Crippen LogP contribution in [0.25, 0.3) is 12.2 Å². The number of hydrogen-bond acceptors (Lipinski definition) is 2. The van der Waals surface area contributed by atoms with Gasteiger partial charge in [0, 0.05) is 20.0 Å². The van der Waals surface area contributed by atoms with Crippen LogP contribution in [-0.4, -0.2) is 19.0 Å². The van der Waals surface area contributed by atoms with E-state index in [0.29, 0.717) is 19.3 Å². The number of Topliss-reactive ketones (excluding diaryl/α,β-unsaturated/α-hetero) is 1. The highest BCUT2D eigenvalue weighted by atomic mass is 16.5. The Hall–Kier alpha value is -2.45. The molecule has 0 aliphatic heterocycles. The van der Waals surface area contributed by atoms with Gasteiger partial charge >= 0.3 is 0 Å². The molecular weight excluding hydrogens is 308 g/mol. The Morgan fingerprint density at radius 1 is 1.08 bits per heavy atom. The molecule has 1 unspecified atom stereocenters. The molecule has 0 saturated carbocycles. The molecule has 25 heavy (non-hydrogen) atoms. The summed E-state index contributed by atoms with van der Waals surface area (Å²) in [5, 5.41) is 2.03. The van der Waals surface area contributed by atoms with Crippen molar-refractivity contribution in [1.29, 1.82) is 0 Å². The van der Waals surface area contributed by atoms with Crippen LogP contribution in [0.5, 0.6) is 0 Å². The van der Waals surface area contributed by atoms with E-state index in [1.165, 1.54) is 5.56 Å². The third kappa shape index (κ3) is 5.84. The Bertz CT molecular complexity index is 805. The fraction of sp³-hybridized carbons (Fsp3) is 0.261. The number of ketones is 1. The van der Waals surface area contributed by atoms with Gasteiger partial charge in [0.1, 0.15) is 5.78 Å². The lowest BCUT2D eigenvalue weighted by atomic mass is 9.98. The van der Waals surface area contributed by atoms with Crippen molar-refractivity contribution in [2.45, 2.75) is 31.8 Å². The number of allylic oxidation sites excluding steroid dienone is 1. The molecule has 0 radical (unpaired) electrons. The van der Waals surface area contributed by atoms with Gasteiger partial charge in [-0.2, -0.15) is 0 Å². The summed E-state index contributed by atoms with van der Waals surface area (Å²) in [5.74, 6) is 0.224. The maximum absolute atomic E-state index is 12.3. The average Bonchev–Trinajstić information content (AvgIpc) is 2.65. The third-order valence-electron chi connectivity index (χ3n) is 4.38. The van der Waals surface area contributed by atoms with Gasteiger partial charge in [-0.05, 0) is 34.4 Å². The fourth-order valence-electron chi connectivity index (χ4n) is 2.91. The Balaban J connectivity index is 2.01. The Labute approximate surface area is 150 Å². The minimum absolute atomic E-state index is 0.143. The summed E-state index contributed by atoms with van der Waals surface area (Å²) >= 11 is 0. The number of methoxy groups -OCH3 is 1. The summed E-state index contributed by atoms with van der Waals surface area (Å²) in [4.78, 5) is 12.3. The van der Waals surface area contributed by atoms with E-state index >= 15 is 0 Å². The molecule has 2 aromatic rings. The standard InChI is InChI=1S/C23H26O2/c1-4-20(23-13-9-8-10-18(23)2)16-22(25-3)17-21(24)15-14-19-11-6-5-7-12-19/h4-13,22H,1-2,14-17H2,3H3/b23-20+. The number of benzene rings is 2. The van der Waals surface area contributed by atoms with Crippen LogP contribution in [0.1, 0.15) is 24.8 Å². The molecule has 2 nitrogen and oxygen atoms in total. The summed E-state index contributed by atoms with van der Waals surface area (Å²) in [6.07, 6.45) is 4.08. The molecule has 2 aromatic carbocycles. The lowest BCUT2D eigenvalue weighted by Crippen LogP contribution is -2.27. The first-order chi connectivity index (χ1) is 12.1. The first-order valence-electron chi connectivity index (χ1n) is 8.62. The van der Waals surface area contributed by atoms with E-state index in [2.05, 4.69) is 25.3 Å². The zero-order chi connectivity index (χ0) is 18.1. The van der Waals surface area contributed by atoms with Crippen LogP contribution in [0.2, 0.25) is 0 Å². The SMILES string of the molecule is C=C/C(CC(CC(=O)CCc1ccccc1)OC)=c1/ccccc1=C. The van der Waals surface area contributed by atoms with Crippen LogP contribution in [0.4, 0.5) is 0 Å². The van der Waals surface area contributed by atoms with Gasteiger partial charge in [-0.3, -0.25) is 4.79 Å². The van der Waals surface area contributed by atoms with E-state index in [9.17, 15) is 4.79 Å². The van der Waals surface area contributed by atoms with E-state index in [-0.39, 0.29) is 11.9 Å². The predicted molar refractivity (Wildman–Crippen MR) is 105 cm³/mol. The van der Waals surface area contributed by atoms with Crippen LogP contribution in [-0.2, 0) is 16.0 Å². The molecular formula is C23H26O2. The number of carbonyl (C=O) groups is 1. The zero-order valence-corrected chi connectivity index (χ0v) is 14.9. The summed E-state index contributed by atoms with van der Waals surface area (Å²) in [5.41, 5.74) is 2.25. The Morgan fingerprint density at radius 2 is 1.76 bits per heavy atom. The van der Waals surface area contributed by atoms with Gasteiger partial charge in [-0.1, -0.05) is 73.8 Å². The molecule has 0 amide bonds. The van der Waals surface area contributed by atoms with Gasteiger partial charge in [0.15, 0.2) is 0 Å². The predicted octanol–water partition coefficient (Wildman–Crippen LogP) is 3.43. The summed E-state index contributed by atoms with van der Waals surface area (Å²) in [6, 6.07) is 18.0. The minimum atomic E-state index is -0.143. The highest BCUT2D eigenvalue weighted by Gasteiger charge is 2.14. The molecule has 0 aliphatic carbocycles. The van der Waals surface area contributed by atoms with E-state index in [1.54, 1.807) is 7.11 Å². The monoisotopic (exact) mass is 334 g/mol. The summed E-state index contributed by atoms with van der Waals surface area (Å²) in [6.45, 7) is 7.99. The molecule has 1 atom stereocenters. The largest absolute Gasteiger partial charge is 0.381 e. The maximum Gasteiger partial charge on any atom is 0.135 e. The number of aryl methyl sites for hydroxylation is 1.